The molecule has 3 atom stereocenters. The summed E-state index contributed by atoms with van der Waals surface area (Å²) in [5.74, 6) is 2.11. The summed E-state index contributed by atoms with van der Waals surface area (Å²) in [6, 6.07) is 10.8. The number of benzene rings is 2. The minimum atomic E-state index is -0.213. The molecule has 0 amide bonds. The van der Waals surface area contributed by atoms with Crippen molar-refractivity contribution in [1.82, 2.24) is 0 Å². The van der Waals surface area contributed by atoms with Gasteiger partial charge in [0.2, 0.25) is 0 Å². The Morgan fingerprint density at radius 3 is 2.42 bits per heavy atom. The molecule has 2 aromatic rings. The maximum Gasteiger partial charge on any atom is 0.142 e. The van der Waals surface area contributed by atoms with Crippen molar-refractivity contribution >= 4 is 5.69 Å². The monoisotopic (exact) mass is 325 g/mol. The van der Waals surface area contributed by atoms with Crippen molar-refractivity contribution in [3.63, 3.8) is 0 Å². The molecule has 0 bridgehead atoms. The molecule has 0 saturated heterocycles. The average molecular weight is 325 g/mol. The zero-order chi connectivity index (χ0) is 16.7. The first kappa shape index (κ1) is 15.1. The lowest BCUT2D eigenvalue weighted by Crippen LogP contribution is -2.29. The molecule has 1 aliphatic carbocycles. The second kappa shape index (κ2) is 5.86. The smallest absolute Gasteiger partial charge is 0.142 e. The van der Waals surface area contributed by atoms with E-state index >= 15 is 0 Å². The Balaban J connectivity index is 1.85. The molecule has 1 N–H and O–H groups in total. The normalized spacial score (nSPS) is 24.0. The van der Waals surface area contributed by atoms with Gasteiger partial charge in [0.25, 0.3) is 0 Å². The largest absolute Gasteiger partial charge is 0.496 e. The highest BCUT2D eigenvalue weighted by Crippen LogP contribution is 2.54. The molecule has 1 heterocycles. The number of methoxy groups -OCH3 is 2. The summed E-state index contributed by atoms with van der Waals surface area (Å²) in [6.07, 6.45) is 5.46. The Morgan fingerprint density at radius 2 is 1.71 bits per heavy atom. The molecule has 0 aromatic heterocycles. The maximum atomic E-state index is 13.3. The van der Waals surface area contributed by atoms with Crippen LogP contribution in [0.1, 0.15) is 29.5 Å². The van der Waals surface area contributed by atoms with Gasteiger partial charge >= 0.3 is 0 Å². The highest BCUT2D eigenvalue weighted by Gasteiger charge is 2.40. The summed E-state index contributed by atoms with van der Waals surface area (Å²) in [7, 11) is 3.37. The highest BCUT2D eigenvalue weighted by atomic mass is 19.1. The molecular formula is C20H20FNO2. The Hall–Kier alpha value is -2.49. The minimum absolute atomic E-state index is 0.110. The van der Waals surface area contributed by atoms with Gasteiger partial charge in [0.1, 0.15) is 17.3 Å². The van der Waals surface area contributed by atoms with Crippen LogP contribution < -0.4 is 14.8 Å². The first-order valence-corrected chi connectivity index (χ1v) is 8.16. The number of rotatable bonds is 3. The number of anilines is 1. The van der Waals surface area contributed by atoms with Gasteiger partial charge in [-0.1, -0.05) is 24.3 Å². The predicted octanol–water partition coefficient (Wildman–Crippen LogP) is 4.67. The van der Waals surface area contributed by atoms with E-state index in [1.807, 2.05) is 24.3 Å². The summed E-state index contributed by atoms with van der Waals surface area (Å²) in [5, 5.41) is 3.63. The first-order valence-electron chi connectivity index (χ1n) is 8.16. The molecule has 0 fully saturated rings. The Kier molecular flexibility index (Phi) is 3.68. The van der Waals surface area contributed by atoms with Gasteiger partial charge in [-0.15, -0.1) is 0 Å². The second-order valence-electron chi connectivity index (χ2n) is 6.29. The van der Waals surface area contributed by atoms with Crippen LogP contribution in [0.25, 0.3) is 0 Å². The van der Waals surface area contributed by atoms with Crippen molar-refractivity contribution in [2.45, 2.75) is 18.4 Å². The molecule has 4 heteroatoms. The van der Waals surface area contributed by atoms with E-state index in [9.17, 15) is 4.39 Å². The standard InChI is InChI=1S/C20H20FNO2/c1-23-16-10-11-17(24-2)20-18(16)14-4-3-5-15(14)19(22-20)12-6-8-13(21)9-7-12/h3-4,6-11,14-15,19,22H,5H2,1-2H3. The number of halogens is 1. The van der Waals surface area contributed by atoms with Crippen molar-refractivity contribution < 1.29 is 13.9 Å². The van der Waals surface area contributed by atoms with Crippen molar-refractivity contribution in [3.05, 3.63) is 65.5 Å². The predicted molar refractivity (Wildman–Crippen MR) is 92.3 cm³/mol. The third-order valence-corrected chi connectivity index (χ3v) is 5.11. The Morgan fingerprint density at radius 1 is 1.00 bits per heavy atom. The highest BCUT2D eigenvalue weighted by molar-refractivity contribution is 5.71. The topological polar surface area (TPSA) is 30.5 Å². The summed E-state index contributed by atoms with van der Waals surface area (Å²) < 4.78 is 24.5. The lowest BCUT2D eigenvalue weighted by molar-refractivity contribution is 0.370. The summed E-state index contributed by atoms with van der Waals surface area (Å²) in [5.41, 5.74) is 3.21. The third kappa shape index (κ3) is 2.25. The second-order valence-corrected chi connectivity index (χ2v) is 6.29. The van der Waals surface area contributed by atoms with Crippen molar-refractivity contribution in [1.29, 1.82) is 0 Å². The molecule has 2 aromatic carbocycles. The van der Waals surface area contributed by atoms with Gasteiger partial charge in [0.05, 0.1) is 25.9 Å². The summed E-state index contributed by atoms with van der Waals surface area (Å²) >= 11 is 0. The molecule has 24 heavy (non-hydrogen) atoms. The number of fused-ring (bicyclic) bond motifs is 3. The first-order chi connectivity index (χ1) is 11.7. The Labute approximate surface area is 141 Å². The minimum Gasteiger partial charge on any atom is -0.496 e. The van der Waals surface area contributed by atoms with Crippen molar-refractivity contribution in [2.24, 2.45) is 5.92 Å². The van der Waals surface area contributed by atoms with E-state index in [2.05, 4.69) is 17.5 Å². The fraction of sp³-hybridized carbons (Fsp3) is 0.300. The van der Waals surface area contributed by atoms with Crippen LogP contribution >= 0.6 is 0 Å². The van der Waals surface area contributed by atoms with Gasteiger partial charge in [0.15, 0.2) is 0 Å². The molecule has 0 saturated carbocycles. The molecule has 3 nitrogen and oxygen atoms in total. The fourth-order valence-corrected chi connectivity index (χ4v) is 4.00. The molecule has 4 rings (SSSR count). The molecule has 124 valence electrons. The molecule has 3 unspecified atom stereocenters. The molecule has 0 spiro atoms. The van der Waals surface area contributed by atoms with Crippen LogP contribution in [0, 0.1) is 11.7 Å². The van der Waals surface area contributed by atoms with Crippen LogP contribution in [0.2, 0.25) is 0 Å². The Bertz CT molecular complexity index is 785. The van der Waals surface area contributed by atoms with Crippen LogP contribution in [0.4, 0.5) is 10.1 Å². The van der Waals surface area contributed by atoms with E-state index in [0.29, 0.717) is 5.92 Å². The van der Waals surface area contributed by atoms with E-state index in [1.165, 1.54) is 12.1 Å². The molecule has 0 radical (unpaired) electrons. The van der Waals surface area contributed by atoms with Gasteiger partial charge < -0.3 is 14.8 Å². The number of nitrogens with one attached hydrogen (secondary N) is 1. The van der Waals surface area contributed by atoms with Gasteiger partial charge in [-0.05, 0) is 42.2 Å². The van der Waals surface area contributed by atoms with Crippen LogP contribution in [-0.2, 0) is 0 Å². The number of hydrogen-bond acceptors (Lipinski definition) is 3. The van der Waals surface area contributed by atoms with E-state index in [1.54, 1.807) is 14.2 Å². The fourth-order valence-electron chi connectivity index (χ4n) is 4.00. The zero-order valence-electron chi connectivity index (χ0n) is 13.8. The van der Waals surface area contributed by atoms with E-state index in [0.717, 1.165) is 34.7 Å². The molecule has 2 aliphatic rings. The van der Waals surface area contributed by atoms with Crippen LogP contribution in [0.3, 0.4) is 0 Å². The van der Waals surface area contributed by atoms with Gasteiger partial charge in [0, 0.05) is 11.5 Å². The van der Waals surface area contributed by atoms with Crippen LogP contribution in [0.15, 0.2) is 48.6 Å². The maximum absolute atomic E-state index is 13.3. The average Bonchev–Trinajstić information content (AvgIpc) is 3.10. The SMILES string of the molecule is COc1ccc(OC)c2c1NC(c1ccc(F)cc1)C1CC=CC21. The summed E-state index contributed by atoms with van der Waals surface area (Å²) in [6.45, 7) is 0. The van der Waals surface area contributed by atoms with Crippen molar-refractivity contribution in [2.75, 3.05) is 19.5 Å². The molecular weight excluding hydrogens is 305 g/mol. The number of allylic oxidation sites excluding steroid dienone is 2. The quantitative estimate of drug-likeness (QED) is 0.832. The lowest BCUT2D eigenvalue weighted by Gasteiger charge is -2.38. The number of hydrogen-bond donors (Lipinski definition) is 1. The van der Waals surface area contributed by atoms with Crippen LogP contribution in [-0.4, -0.2) is 14.2 Å². The summed E-state index contributed by atoms with van der Waals surface area (Å²) in [4.78, 5) is 0. The van der Waals surface area contributed by atoms with Crippen molar-refractivity contribution in [3.8, 4) is 11.5 Å². The van der Waals surface area contributed by atoms with Gasteiger partial charge in [-0.3, -0.25) is 0 Å². The van der Waals surface area contributed by atoms with Crippen LogP contribution in [0.5, 0.6) is 11.5 Å². The zero-order valence-corrected chi connectivity index (χ0v) is 13.8. The number of ether oxygens (including phenoxy) is 2. The lowest BCUT2D eigenvalue weighted by atomic mass is 9.76. The van der Waals surface area contributed by atoms with E-state index < -0.39 is 0 Å². The van der Waals surface area contributed by atoms with Gasteiger partial charge in [-0.25, -0.2) is 4.39 Å². The third-order valence-electron chi connectivity index (χ3n) is 5.11. The molecule has 1 aliphatic heterocycles. The van der Waals surface area contributed by atoms with E-state index in [-0.39, 0.29) is 17.8 Å². The van der Waals surface area contributed by atoms with Gasteiger partial charge in [-0.2, -0.15) is 0 Å². The van der Waals surface area contributed by atoms with E-state index in [4.69, 9.17) is 9.47 Å².